The molecule has 0 aromatic rings. The van der Waals surface area contributed by atoms with Gasteiger partial charge in [-0.15, -0.1) is 0 Å². The molecule has 0 spiro atoms. The zero-order valence-corrected chi connectivity index (χ0v) is 6.35. The molecule has 0 rings (SSSR count). The van der Waals surface area contributed by atoms with Gasteiger partial charge in [-0.25, -0.2) is 0 Å². The van der Waals surface area contributed by atoms with E-state index in [4.69, 9.17) is 17.5 Å². The molecule has 0 fully saturated rings. The molecule has 0 saturated carbocycles. The van der Waals surface area contributed by atoms with Crippen LogP contribution in [0.2, 0.25) is 0 Å². The first-order chi connectivity index (χ1) is 3.91. The van der Waals surface area contributed by atoms with E-state index in [1.165, 1.54) is 12.8 Å². The van der Waals surface area contributed by atoms with Crippen molar-refractivity contribution < 1.29 is 17.5 Å². The molecule has 0 atom stereocenters. The first-order valence-electron chi connectivity index (χ1n) is 2.61. The second-order valence-electron chi connectivity index (χ2n) is 1.45. The van der Waals surface area contributed by atoms with Gasteiger partial charge in [-0.1, -0.05) is 26.7 Å². The van der Waals surface area contributed by atoms with Gasteiger partial charge in [-0.2, -0.15) is 8.42 Å². The minimum atomic E-state index is -4.67. The molecule has 0 heterocycles. The van der Waals surface area contributed by atoms with Gasteiger partial charge in [0.15, 0.2) is 0 Å². The van der Waals surface area contributed by atoms with Gasteiger partial charge in [-0.3, -0.25) is 9.11 Å². The summed E-state index contributed by atoms with van der Waals surface area (Å²) in [6.07, 6.45) is 2.64. The number of unbranched alkanes of at least 4 members (excludes halogenated alkanes) is 1. The van der Waals surface area contributed by atoms with Gasteiger partial charge >= 0.3 is 10.4 Å². The zero-order chi connectivity index (χ0) is 7.91. The van der Waals surface area contributed by atoms with Crippen LogP contribution >= 0.6 is 0 Å². The van der Waals surface area contributed by atoms with Crippen molar-refractivity contribution in [3.63, 3.8) is 0 Å². The fourth-order valence-corrected chi connectivity index (χ4v) is 0. The molecule has 2 N–H and O–H groups in total. The normalized spacial score (nSPS) is 9.78. The van der Waals surface area contributed by atoms with Crippen LogP contribution in [0.5, 0.6) is 0 Å². The molecule has 0 aliphatic carbocycles. The van der Waals surface area contributed by atoms with Crippen LogP contribution in [0.3, 0.4) is 0 Å². The summed E-state index contributed by atoms with van der Waals surface area (Å²) in [5.41, 5.74) is 0. The summed E-state index contributed by atoms with van der Waals surface area (Å²) >= 11 is 0. The average molecular weight is 156 g/mol. The van der Waals surface area contributed by atoms with E-state index in [9.17, 15) is 0 Å². The van der Waals surface area contributed by atoms with E-state index >= 15 is 0 Å². The molecule has 0 aliphatic rings. The van der Waals surface area contributed by atoms with Crippen LogP contribution in [0, 0.1) is 0 Å². The van der Waals surface area contributed by atoms with E-state index in [1.54, 1.807) is 0 Å². The highest BCUT2D eigenvalue weighted by atomic mass is 32.3. The van der Waals surface area contributed by atoms with E-state index < -0.39 is 10.4 Å². The minimum absolute atomic E-state index is 1.32. The first-order valence-corrected chi connectivity index (χ1v) is 4.01. The maximum absolute atomic E-state index is 8.74. The van der Waals surface area contributed by atoms with Crippen molar-refractivity contribution in [2.75, 3.05) is 0 Å². The molecule has 0 amide bonds. The molecule has 0 aliphatic heterocycles. The molecule has 5 heteroatoms. The topological polar surface area (TPSA) is 74.6 Å². The van der Waals surface area contributed by atoms with E-state index in [1.807, 2.05) is 0 Å². The molecule has 0 aromatic carbocycles. The van der Waals surface area contributed by atoms with Crippen molar-refractivity contribution in [2.24, 2.45) is 0 Å². The Morgan fingerprint density at radius 1 is 1.11 bits per heavy atom. The van der Waals surface area contributed by atoms with Crippen LogP contribution < -0.4 is 0 Å². The summed E-state index contributed by atoms with van der Waals surface area (Å²) in [6, 6.07) is 0. The quantitative estimate of drug-likeness (QED) is 0.558. The number of rotatable bonds is 1. The Kier molecular flexibility index (Phi) is 7.76. The summed E-state index contributed by atoms with van der Waals surface area (Å²) in [5.74, 6) is 0. The Morgan fingerprint density at radius 2 is 1.22 bits per heavy atom. The van der Waals surface area contributed by atoms with Crippen molar-refractivity contribution in [1.82, 2.24) is 0 Å². The Bertz CT molecular complexity index is 116. The van der Waals surface area contributed by atoms with Crippen molar-refractivity contribution in [2.45, 2.75) is 26.7 Å². The molecule has 0 unspecified atom stereocenters. The van der Waals surface area contributed by atoms with Crippen LogP contribution in [0.25, 0.3) is 0 Å². The third kappa shape index (κ3) is 358. The molecular weight excluding hydrogens is 144 g/mol. The Morgan fingerprint density at radius 3 is 1.22 bits per heavy atom. The molecular formula is C4H12O4S. The van der Waals surface area contributed by atoms with E-state index in [0.29, 0.717) is 0 Å². The lowest BCUT2D eigenvalue weighted by Gasteiger charge is -1.68. The maximum Gasteiger partial charge on any atom is 0.394 e. The van der Waals surface area contributed by atoms with Crippen LogP contribution in [0.4, 0.5) is 0 Å². The fourth-order valence-electron chi connectivity index (χ4n) is 0. The molecule has 0 saturated heterocycles. The van der Waals surface area contributed by atoms with Gasteiger partial charge in [-0.05, 0) is 0 Å². The SMILES string of the molecule is CCCC.O=S(=O)(O)O. The second kappa shape index (κ2) is 6.00. The Hall–Kier alpha value is -0.130. The van der Waals surface area contributed by atoms with Crippen LogP contribution in [-0.4, -0.2) is 17.5 Å². The predicted octanol–water partition coefficient (Wildman–Crippen LogP) is 1.15. The lowest BCUT2D eigenvalue weighted by molar-refractivity contribution is 0.381. The van der Waals surface area contributed by atoms with Gasteiger partial charge in [0, 0.05) is 0 Å². The van der Waals surface area contributed by atoms with E-state index in [0.717, 1.165) is 0 Å². The summed E-state index contributed by atoms with van der Waals surface area (Å²) < 4.78 is 31.6. The first kappa shape index (κ1) is 11.6. The van der Waals surface area contributed by atoms with Gasteiger partial charge < -0.3 is 0 Å². The Labute approximate surface area is 55.5 Å². The molecule has 58 valence electrons. The van der Waals surface area contributed by atoms with E-state index in [2.05, 4.69) is 13.8 Å². The second-order valence-corrected chi connectivity index (χ2v) is 2.34. The number of hydrogen-bond acceptors (Lipinski definition) is 2. The average Bonchev–Trinajstić information content (AvgIpc) is 1.61. The highest BCUT2D eigenvalue weighted by molar-refractivity contribution is 7.79. The van der Waals surface area contributed by atoms with Gasteiger partial charge in [0.2, 0.25) is 0 Å². The summed E-state index contributed by atoms with van der Waals surface area (Å²) in [6.45, 7) is 4.36. The Balaban J connectivity index is 0. The van der Waals surface area contributed by atoms with Crippen molar-refractivity contribution >= 4 is 10.4 Å². The van der Waals surface area contributed by atoms with Crippen LogP contribution in [0.15, 0.2) is 0 Å². The van der Waals surface area contributed by atoms with Crippen LogP contribution in [-0.2, 0) is 10.4 Å². The lowest BCUT2D eigenvalue weighted by Crippen LogP contribution is -1.89. The summed E-state index contributed by atoms with van der Waals surface area (Å²) in [4.78, 5) is 0. The molecule has 0 aromatic heterocycles. The monoisotopic (exact) mass is 156 g/mol. The maximum atomic E-state index is 8.74. The predicted molar refractivity (Wildman–Crippen MR) is 34.8 cm³/mol. The smallest absolute Gasteiger partial charge is 0.264 e. The van der Waals surface area contributed by atoms with Crippen LogP contribution in [0.1, 0.15) is 26.7 Å². The highest BCUT2D eigenvalue weighted by Crippen LogP contribution is 1.76. The minimum Gasteiger partial charge on any atom is -0.264 e. The standard InChI is InChI=1S/C4H10.H2O4S/c1-3-4-2;1-5(2,3)4/h3-4H2,1-2H3;(H2,1,2,3,4). The fraction of sp³-hybridized carbons (Fsp3) is 1.00. The third-order valence-electron chi connectivity index (χ3n) is 0.500. The molecule has 0 radical (unpaired) electrons. The molecule has 0 bridgehead atoms. The highest BCUT2D eigenvalue weighted by Gasteiger charge is 1.84. The van der Waals surface area contributed by atoms with Gasteiger partial charge in [0.25, 0.3) is 0 Å². The van der Waals surface area contributed by atoms with E-state index in [-0.39, 0.29) is 0 Å². The van der Waals surface area contributed by atoms with Gasteiger partial charge in [0.1, 0.15) is 0 Å². The molecule has 9 heavy (non-hydrogen) atoms. The third-order valence-corrected chi connectivity index (χ3v) is 0.500. The van der Waals surface area contributed by atoms with Gasteiger partial charge in [0.05, 0.1) is 0 Å². The lowest BCUT2D eigenvalue weighted by atomic mass is 10.4. The number of hydrogen-bond donors (Lipinski definition) is 2. The summed E-state index contributed by atoms with van der Waals surface area (Å²) in [5, 5.41) is 0. The van der Waals surface area contributed by atoms with Crippen molar-refractivity contribution in [3.8, 4) is 0 Å². The summed E-state index contributed by atoms with van der Waals surface area (Å²) in [7, 11) is -4.67. The van der Waals surface area contributed by atoms with Crippen molar-refractivity contribution in [3.05, 3.63) is 0 Å². The largest absolute Gasteiger partial charge is 0.394 e. The van der Waals surface area contributed by atoms with Crippen molar-refractivity contribution in [1.29, 1.82) is 0 Å². The molecule has 4 nitrogen and oxygen atoms in total. The zero-order valence-electron chi connectivity index (χ0n) is 5.53.